The maximum absolute atomic E-state index is 6.30. The van der Waals surface area contributed by atoms with Crippen LogP contribution >= 0.6 is 23.2 Å². The lowest BCUT2D eigenvalue weighted by molar-refractivity contribution is 0.414. The molecule has 4 aromatic rings. The Morgan fingerprint density at radius 3 is 2.32 bits per heavy atom. The highest BCUT2D eigenvalue weighted by Crippen LogP contribution is 2.31. The van der Waals surface area contributed by atoms with Gasteiger partial charge >= 0.3 is 0 Å². The molecule has 1 heterocycles. The summed E-state index contributed by atoms with van der Waals surface area (Å²) in [7, 11) is 3.32. The lowest BCUT2D eigenvalue weighted by Gasteiger charge is -2.09. The standard InChI is InChI=1S/C25H20Cl2N2O2/c1-30-20-8-3-16(4-9-20)17-5-11-24(31-2)18(13-17)6-12-25-28-15-23(29-25)21-10-7-19(26)14-22(21)27/h3-15H,1-2H3,(H,28,29)/b12-6+. The van der Waals surface area contributed by atoms with Gasteiger partial charge in [0.1, 0.15) is 17.3 Å². The number of hydrogen-bond acceptors (Lipinski definition) is 3. The third kappa shape index (κ3) is 4.76. The summed E-state index contributed by atoms with van der Waals surface area (Å²) < 4.78 is 10.8. The van der Waals surface area contributed by atoms with Crippen molar-refractivity contribution in [3.63, 3.8) is 0 Å². The molecule has 0 aliphatic heterocycles. The number of nitrogens with one attached hydrogen (secondary N) is 1. The molecule has 0 bridgehead atoms. The molecule has 0 atom stereocenters. The summed E-state index contributed by atoms with van der Waals surface area (Å²) in [5.74, 6) is 2.31. The van der Waals surface area contributed by atoms with Gasteiger partial charge in [-0.2, -0.15) is 0 Å². The summed E-state index contributed by atoms with van der Waals surface area (Å²) in [4.78, 5) is 7.79. The Balaban J connectivity index is 1.61. The van der Waals surface area contributed by atoms with Crippen LogP contribution in [0.1, 0.15) is 11.4 Å². The number of benzene rings is 3. The van der Waals surface area contributed by atoms with Crippen LogP contribution in [0.15, 0.2) is 66.9 Å². The minimum absolute atomic E-state index is 0.559. The highest BCUT2D eigenvalue weighted by atomic mass is 35.5. The van der Waals surface area contributed by atoms with Crippen molar-refractivity contribution in [1.82, 2.24) is 9.97 Å². The van der Waals surface area contributed by atoms with E-state index < -0.39 is 0 Å². The molecule has 0 unspecified atom stereocenters. The van der Waals surface area contributed by atoms with Gasteiger partial charge in [-0.05, 0) is 65.7 Å². The Kier molecular flexibility index (Phi) is 6.31. The quantitative estimate of drug-likeness (QED) is 0.336. The van der Waals surface area contributed by atoms with Crippen LogP contribution < -0.4 is 9.47 Å². The average molecular weight is 451 g/mol. The summed E-state index contributed by atoms with van der Waals surface area (Å²) in [5.41, 5.74) is 4.69. The molecule has 156 valence electrons. The van der Waals surface area contributed by atoms with E-state index in [0.29, 0.717) is 15.9 Å². The topological polar surface area (TPSA) is 47.1 Å². The molecule has 0 spiro atoms. The maximum Gasteiger partial charge on any atom is 0.130 e. The van der Waals surface area contributed by atoms with Crippen molar-refractivity contribution in [1.29, 1.82) is 0 Å². The molecule has 1 N–H and O–H groups in total. The average Bonchev–Trinajstić information content (AvgIpc) is 3.26. The van der Waals surface area contributed by atoms with Crippen LogP contribution in [-0.4, -0.2) is 24.2 Å². The van der Waals surface area contributed by atoms with Crippen LogP contribution in [0, 0.1) is 0 Å². The number of methoxy groups -OCH3 is 2. The Morgan fingerprint density at radius 1 is 0.839 bits per heavy atom. The third-order valence-electron chi connectivity index (χ3n) is 4.88. The van der Waals surface area contributed by atoms with Crippen LogP contribution in [-0.2, 0) is 0 Å². The summed E-state index contributed by atoms with van der Waals surface area (Å²) in [5, 5.41) is 1.15. The number of nitrogens with zero attached hydrogens (tertiary/aromatic N) is 1. The van der Waals surface area contributed by atoms with Gasteiger partial charge in [0.2, 0.25) is 0 Å². The van der Waals surface area contributed by atoms with Crippen LogP contribution in [0.2, 0.25) is 10.0 Å². The first-order valence-electron chi connectivity index (χ1n) is 9.59. The zero-order chi connectivity index (χ0) is 21.8. The van der Waals surface area contributed by atoms with Crippen LogP contribution in [0.5, 0.6) is 11.5 Å². The molecule has 0 aliphatic rings. The number of hydrogen-bond donors (Lipinski definition) is 1. The predicted octanol–water partition coefficient (Wildman–Crippen LogP) is 7.24. The summed E-state index contributed by atoms with van der Waals surface area (Å²) >= 11 is 12.3. The fraction of sp³-hybridized carbons (Fsp3) is 0.0800. The molecule has 0 saturated carbocycles. The molecular formula is C25H20Cl2N2O2. The lowest BCUT2D eigenvalue weighted by atomic mass is 10.0. The van der Waals surface area contributed by atoms with E-state index in [2.05, 4.69) is 16.0 Å². The number of imidazole rings is 1. The molecule has 6 heteroatoms. The smallest absolute Gasteiger partial charge is 0.130 e. The number of ether oxygens (including phenoxy) is 2. The monoisotopic (exact) mass is 450 g/mol. The van der Waals surface area contributed by atoms with Crippen molar-refractivity contribution in [2.45, 2.75) is 0 Å². The second kappa shape index (κ2) is 9.29. The number of aromatic nitrogens is 2. The molecule has 4 nitrogen and oxygen atoms in total. The van der Waals surface area contributed by atoms with E-state index in [1.807, 2.05) is 60.8 Å². The second-order valence-corrected chi connectivity index (χ2v) is 7.66. The van der Waals surface area contributed by atoms with Gasteiger partial charge < -0.3 is 14.5 Å². The van der Waals surface area contributed by atoms with E-state index in [1.165, 1.54) is 0 Å². The van der Waals surface area contributed by atoms with Crippen LogP contribution in [0.4, 0.5) is 0 Å². The van der Waals surface area contributed by atoms with Crippen molar-refractivity contribution >= 4 is 35.4 Å². The van der Waals surface area contributed by atoms with Gasteiger partial charge in [-0.3, -0.25) is 0 Å². The minimum Gasteiger partial charge on any atom is -0.497 e. The van der Waals surface area contributed by atoms with Crippen molar-refractivity contribution < 1.29 is 9.47 Å². The maximum atomic E-state index is 6.30. The van der Waals surface area contributed by atoms with Crippen molar-refractivity contribution in [3.05, 3.63) is 88.3 Å². The molecule has 0 fully saturated rings. The molecule has 4 rings (SSSR count). The Hall–Kier alpha value is -3.21. The number of aromatic amines is 1. The molecule has 0 aliphatic carbocycles. The number of rotatable bonds is 6. The highest BCUT2D eigenvalue weighted by molar-refractivity contribution is 6.36. The van der Waals surface area contributed by atoms with Crippen LogP contribution in [0.25, 0.3) is 34.5 Å². The summed E-state index contributed by atoms with van der Waals surface area (Å²) in [6.45, 7) is 0. The first kappa shape index (κ1) is 21.0. The van der Waals surface area contributed by atoms with E-state index in [9.17, 15) is 0 Å². The fourth-order valence-electron chi connectivity index (χ4n) is 3.25. The lowest BCUT2D eigenvalue weighted by Crippen LogP contribution is -1.89. The van der Waals surface area contributed by atoms with Gasteiger partial charge in [-0.15, -0.1) is 0 Å². The van der Waals surface area contributed by atoms with Gasteiger partial charge in [-0.25, -0.2) is 4.98 Å². The SMILES string of the molecule is COc1ccc(-c2ccc(OC)c(/C=C/c3nc(-c4ccc(Cl)cc4Cl)c[nH]3)c2)cc1. The minimum atomic E-state index is 0.559. The van der Waals surface area contributed by atoms with Crippen molar-refractivity contribution in [3.8, 4) is 33.9 Å². The molecule has 1 aromatic heterocycles. The summed E-state index contributed by atoms with van der Waals surface area (Å²) in [6.07, 6.45) is 5.70. The van der Waals surface area contributed by atoms with Gasteiger partial charge in [-0.1, -0.05) is 41.4 Å². The van der Waals surface area contributed by atoms with Gasteiger partial charge in [0.25, 0.3) is 0 Å². The molecular weight excluding hydrogens is 431 g/mol. The van der Waals surface area contributed by atoms with Crippen molar-refractivity contribution in [2.75, 3.05) is 14.2 Å². The zero-order valence-corrected chi connectivity index (χ0v) is 18.5. The van der Waals surface area contributed by atoms with E-state index >= 15 is 0 Å². The van der Waals surface area contributed by atoms with E-state index in [-0.39, 0.29) is 0 Å². The largest absolute Gasteiger partial charge is 0.497 e. The van der Waals surface area contributed by atoms with Gasteiger partial charge in [0.05, 0.1) is 24.9 Å². The zero-order valence-electron chi connectivity index (χ0n) is 17.0. The highest BCUT2D eigenvalue weighted by Gasteiger charge is 2.08. The fourth-order valence-corrected chi connectivity index (χ4v) is 3.76. The van der Waals surface area contributed by atoms with E-state index in [0.717, 1.165) is 39.4 Å². The van der Waals surface area contributed by atoms with Gasteiger partial charge in [0, 0.05) is 22.3 Å². The molecule has 3 aromatic carbocycles. The summed E-state index contributed by atoms with van der Waals surface area (Å²) in [6, 6.07) is 19.4. The third-order valence-corrected chi connectivity index (χ3v) is 5.43. The molecule has 0 saturated heterocycles. The van der Waals surface area contributed by atoms with Gasteiger partial charge in [0.15, 0.2) is 0 Å². The first-order chi connectivity index (χ1) is 15.1. The Bertz CT molecular complexity index is 1230. The normalized spacial score (nSPS) is 11.1. The van der Waals surface area contributed by atoms with E-state index in [1.54, 1.807) is 26.4 Å². The van der Waals surface area contributed by atoms with Crippen molar-refractivity contribution in [2.24, 2.45) is 0 Å². The predicted molar refractivity (Wildman–Crippen MR) is 128 cm³/mol. The number of H-pyrrole nitrogens is 1. The second-order valence-electron chi connectivity index (χ2n) is 6.81. The Labute approximate surface area is 191 Å². The number of halogens is 2. The van der Waals surface area contributed by atoms with Crippen LogP contribution in [0.3, 0.4) is 0 Å². The Morgan fingerprint density at radius 2 is 1.61 bits per heavy atom. The first-order valence-corrected chi connectivity index (χ1v) is 10.3. The molecule has 0 radical (unpaired) electrons. The molecule has 31 heavy (non-hydrogen) atoms. The van der Waals surface area contributed by atoms with E-state index in [4.69, 9.17) is 32.7 Å². The molecule has 0 amide bonds.